The van der Waals surface area contributed by atoms with Gasteiger partial charge in [0.1, 0.15) is 4.90 Å². The topological polar surface area (TPSA) is 71.4 Å². The molecule has 7 heteroatoms. The lowest BCUT2D eigenvalue weighted by atomic mass is 10.2. The van der Waals surface area contributed by atoms with Crippen molar-refractivity contribution in [2.75, 3.05) is 5.75 Å². The van der Waals surface area contributed by atoms with E-state index < -0.39 is 43.7 Å². The zero-order valence-corrected chi connectivity index (χ0v) is 9.80. The summed E-state index contributed by atoms with van der Waals surface area (Å²) in [6, 6.07) is 0.991. The Morgan fingerprint density at radius 2 is 2.00 bits per heavy atom. The zero-order valence-electron chi connectivity index (χ0n) is 8.98. The summed E-state index contributed by atoms with van der Waals surface area (Å²) in [5.41, 5.74) is -0.645. The van der Waals surface area contributed by atoms with Gasteiger partial charge in [-0.2, -0.15) is 0 Å². The molecular weight excluding hydrogens is 266 g/mol. The van der Waals surface area contributed by atoms with E-state index in [1.165, 1.54) is 0 Å². The standard InChI is InChI=1S/C11H8F2O4S/c1-2-3-4-18(16,17)9-6-7(11(14)15)5-8(12)10(9)13/h1,5-6H,3-4H2,(H,14,15). The van der Waals surface area contributed by atoms with E-state index in [9.17, 15) is 22.0 Å². The van der Waals surface area contributed by atoms with Crippen molar-refractivity contribution in [3.8, 4) is 12.3 Å². The van der Waals surface area contributed by atoms with Gasteiger partial charge in [0.15, 0.2) is 21.5 Å². The molecule has 0 radical (unpaired) electrons. The number of benzene rings is 1. The van der Waals surface area contributed by atoms with Gasteiger partial charge in [0.2, 0.25) is 0 Å². The van der Waals surface area contributed by atoms with Crippen molar-refractivity contribution in [3.05, 3.63) is 29.3 Å². The second-order valence-corrected chi connectivity index (χ2v) is 5.43. The van der Waals surface area contributed by atoms with Gasteiger partial charge in [-0.1, -0.05) is 0 Å². The number of carbonyl (C=O) groups is 1. The van der Waals surface area contributed by atoms with E-state index in [1.807, 2.05) is 0 Å². The average Bonchev–Trinajstić information content (AvgIpc) is 2.29. The van der Waals surface area contributed by atoms with Crippen molar-refractivity contribution >= 4 is 15.8 Å². The molecule has 0 amide bonds. The van der Waals surface area contributed by atoms with Crippen molar-refractivity contribution < 1.29 is 27.1 Å². The van der Waals surface area contributed by atoms with E-state index in [0.29, 0.717) is 12.1 Å². The minimum Gasteiger partial charge on any atom is -0.478 e. The predicted molar refractivity (Wildman–Crippen MR) is 58.8 cm³/mol. The number of sulfone groups is 1. The molecule has 18 heavy (non-hydrogen) atoms. The summed E-state index contributed by atoms with van der Waals surface area (Å²) in [4.78, 5) is 9.65. The van der Waals surface area contributed by atoms with Crippen LogP contribution < -0.4 is 0 Å². The van der Waals surface area contributed by atoms with Crippen LogP contribution in [0.3, 0.4) is 0 Å². The number of halogens is 2. The highest BCUT2D eigenvalue weighted by molar-refractivity contribution is 7.91. The molecule has 4 nitrogen and oxygen atoms in total. The lowest BCUT2D eigenvalue weighted by Crippen LogP contribution is -2.12. The third-order valence-corrected chi connectivity index (χ3v) is 3.80. The summed E-state index contributed by atoms with van der Waals surface area (Å²) in [7, 11) is -4.15. The highest BCUT2D eigenvalue weighted by Crippen LogP contribution is 2.21. The summed E-state index contributed by atoms with van der Waals surface area (Å²) in [6.07, 6.45) is 4.70. The Bertz CT molecular complexity index is 629. The smallest absolute Gasteiger partial charge is 0.335 e. The third-order valence-electron chi connectivity index (χ3n) is 2.09. The highest BCUT2D eigenvalue weighted by atomic mass is 32.2. The molecule has 0 saturated carbocycles. The number of carboxylic acids is 1. The number of aromatic carboxylic acids is 1. The summed E-state index contributed by atoms with van der Waals surface area (Å²) in [5, 5.41) is 8.65. The molecule has 0 heterocycles. The van der Waals surface area contributed by atoms with E-state index in [-0.39, 0.29) is 6.42 Å². The minimum atomic E-state index is -4.15. The summed E-state index contributed by atoms with van der Waals surface area (Å²) >= 11 is 0. The van der Waals surface area contributed by atoms with Crippen LogP contribution in [0.1, 0.15) is 16.8 Å². The Morgan fingerprint density at radius 3 is 2.50 bits per heavy atom. The second-order valence-electron chi connectivity index (χ2n) is 3.35. The number of carboxylic acid groups (broad SMARTS) is 1. The van der Waals surface area contributed by atoms with Crippen LogP contribution >= 0.6 is 0 Å². The fourth-order valence-corrected chi connectivity index (χ4v) is 2.50. The zero-order chi connectivity index (χ0) is 13.9. The maximum Gasteiger partial charge on any atom is 0.335 e. The van der Waals surface area contributed by atoms with E-state index in [2.05, 4.69) is 5.92 Å². The molecule has 1 N–H and O–H groups in total. The summed E-state index contributed by atoms with van der Waals surface area (Å²) in [5.74, 6) is -3.21. The minimum absolute atomic E-state index is 0.180. The molecule has 0 aromatic heterocycles. The SMILES string of the molecule is C#CCCS(=O)(=O)c1cc(C(=O)O)cc(F)c1F. The normalized spacial score (nSPS) is 10.9. The molecule has 0 bridgehead atoms. The molecule has 0 saturated heterocycles. The molecule has 0 aliphatic carbocycles. The van der Waals surface area contributed by atoms with Crippen LogP contribution in [0.2, 0.25) is 0 Å². The van der Waals surface area contributed by atoms with Crippen molar-refractivity contribution in [1.29, 1.82) is 0 Å². The second kappa shape index (κ2) is 5.14. The summed E-state index contributed by atoms with van der Waals surface area (Å²) < 4.78 is 49.8. The number of rotatable bonds is 4. The third kappa shape index (κ3) is 2.84. The van der Waals surface area contributed by atoms with Crippen molar-refractivity contribution in [1.82, 2.24) is 0 Å². The van der Waals surface area contributed by atoms with Gasteiger partial charge in [-0.05, 0) is 12.1 Å². The monoisotopic (exact) mass is 274 g/mol. The van der Waals surface area contributed by atoms with Gasteiger partial charge in [0, 0.05) is 6.42 Å². The first-order chi connectivity index (χ1) is 8.29. The van der Waals surface area contributed by atoms with Gasteiger partial charge in [-0.15, -0.1) is 12.3 Å². The van der Waals surface area contributed by atoms with Gasteiger partial charge < -0.3 is 5.11 Å². The number of terminal acetylenes is 1. The van der Waals surface area contributed by atoms with E-state index in [4.69, 9.17) is 11.5 Å². The Hall–Kier alpha value is -1.94. The van der Waals surface area contributed by atoms with Crippen LogP contribution in [0.25, 0.3) is 0 Å². The molecule has 0 aliphatic heterocycles. The Balaban J connectivity index is 3.41. The van der Waals surface area contributed by atoms with E-state index in [0.717, 1.165) is 0 Å². The molecule has 1 aromatic rings. The first-order valence-electron chi connectivity index (χ1n) is 4.68. The molecule has 96 valence electrons. The number of hydrogen-bond acceptors (Lipinski definition) is 3. The molecule has 0 spiro atoms. The summed E-state index contributed by atoms with van der Waals surface area (Å²) in [6.45, 7) is 0. The molecule has 0 unspecified atom stereocenters. The van der Waals surface area contributed by atoms with Gasteiger partial charge in [-0.3, -0.25) is 0 Å². The molecule has 0 fully saturated rings. The van der Waals surface area contributed by atoms with Crippen LogP contribution in [0.5, 0.6) is 0 Å². The fourth-order valence-electron chi connectivity index (χ4n) is 1.22. The van der Waals surface area contributed by atoms with Gasteiger partial charge >= 0.3 is 5.97 Å². The average molecular weight is 274 g/mol. The molecule has 0 aliphatic rings. The van der Waals surface area contributed by atoms with Crippen LogP contribution in [0.15, 0.2) is 17.0 Å². The number of hydrogen-bond donors (Lipinski definition) is 1. The first-order valence-corrected chi connectivity index (χ1v) is 6.33. The lowest BCUT2D eigenvalue weighted by molar-refractivity contribution is 0.0696. The van der Waals surface area contributed by atoms with Crippen LogP contribution in [-0.2, 0) is 9.84 Å². The predicted octanol–water partition coefficient (Wildman–Crippen LogP) is 1.46. The van der Waals surface area contributed by atoms with Gasteiger partial charge in [-0.25, -0.2) is 22.0 Å². The lowest BCUT2D eigenvalue weighted by Gasteiger charge is -2.06. The molecule has 1 rings (SSSR count). The largest absolute Gasteiger partial charge is 0.478 e. The van der Waals surface area contributed by atoms with Crippen LogP contribution in [0.4, 0.5) is 8.78 Å². The van der Waals surface area contributed by atoms with Crippen molar-refractivity contribution in [2.24, 2.45) is 0 Å². The highest BCUT2D eigenvalue weighted by Gasteiger charge is 2.24. The Kier molecular flexibility index (Phi) is 4.03. The van der Waals surface area contributed by atoms with E-state index in [1.54, 1.807) is 0 Å². The Labute approximate surface area is 102 Å². The first kappa shape index (κ1) is 14.1. The maximum absolute atomic E-state index is 13.4. The van der Waals surface area contributed by atoms with Crippen molar-refractivity contribution in [3.63, 3.8) is 0 Å². The molecule has 1 aromatic carbocycles. The molecule has 0 atom stereocenters. The van der Waals surface area contributed by atoms with Gasteiger partial charge in [0.25, 0.3) is 0 Å². The quantitative estimate of drug-likeness (QED) is 0.844. The van der Waals surface area contributed by atoms with Gasteiger partial charge in [0.05, 0.1) is 11.3 Å². The van der Waals surface area contributed by atoms with E-state index >= 15 is 0 Å². The maximum atomic E-state index is 13.4. The Morgan fingerprint density at radius 1 is 1.39 bits per heavy atom. The fraction of sp³-hybridized carbons (Fsp3) is 0.182. The van der Waals surface area contributed by atoms with Crippen LogP contribution in [0, 0.1) is 24.0 Å². The molecular formula is C11H8F2O4S. The van der Waals surface area contributed by atoms with Crippen LogP contribution in [-0.4, -0.2) is 25.2 Å². The van der Waals surface area contributed by atoms with Crippen molar-refractivity contribution in [2.45, 2.75) is 11.3 Å².